The van der Waals surface area contributed by atoms with Crippen LogP contribution in [0.3, 0.4) is 0 Å². The standard InChI is InChI=1S/C14H21N5O/c1-4-18(5-2-15-1)11-7-13-14(17-9-11)19-6-3-16-8-12(19)10-20-13/h7,9,12,15-16H,1-6,8,10H2. The smallest absolute Gasteiger partial charge is 0.171 e. The molecule has 0 bridgehead atoms. The predicted molar refractivity (Wildman–Crippen MR) is 78.8 cm³/mol. The molecular formula is C14H21N5O. The van der Waals surface area contributed by atoms with Gasteiger partial charge in [-0.25, -0.2) is 4.98 Å². The van der Waals surface area contributed by atoms with Crippen molar-refractivity contribution in [2.24, 2.45) is 0 Å². The SMILES string of the molecule is c1nc2c(cc1N1CCNCC1)OCC1CNCCN21. The molecule has 4 heterocycles. The number of fused-ring (bicyclic) bond motifs is 3. The summed E-state index contributed by atoms with van der Waals surface area (Å²) >= 11 is 0. The lowest BCUT2D eigenvalue weighted by molar-refractivity contribution is 0.244. The first-order chi connectivity index (χ1) is 9.92. The van der Waals surface area contributed by atoms with Crippen molar-refractivity contribution < 1.29 is 4.74 Å². The van der Waals surface area contributed by atoms with Gasteiger partial charge in [0.25, 0.3) is 0 Å². The lowest BCUT2D eigenvalue weighted by Crippen LogP contribution is -2.56. The van der Waals surface area contributed by atoms with Gasteiger partial charge in [0.15, 0.2) is 11.6 Å². The molecule has 0 radical (unpaired) electrons. The van der Waals surface area contributed by atoms with E-state index in [4.69, 9.17) is 4.74 Å². The molecule has 1 unspecified atom stereocenters. The molecule has 1 aromatic rings. The number of pyridine rings is 1. The third-order valence-electron chi connectivity index (χ3n) is 4.35. The lowest BCUT2D eigenvalue weighted by Gasteiger charge is -2.41. The quantitative estimate of drug-likeness (QED) is 0.731. The van der Waals surface area contributed by atoms with E-state index in [9.17, 15) is 0 Å². The van der Waals surface area contributed by atoms with Crippen molar-refractivity contribution in [2.75, 3.05) is 62.2 Å². The minimum absolute atomic E-state index is 0.425. The van der Waals surface area contributed by atoms with E-state index in [1.165, 1.54) is 5.69 Å². The van der Waals surface area contributed by atoms with Crippen LogP contribution in [-0.4, -0.2) is 63.4 Å². The first-order valence-corrected chi connectivity index (χ1v) is 7.48. The summed E-state index contributed by atoms with van der Waals surface area (Å²) in [6.45, 7) is 7.94. The van der Waals surface area contributed by atoms with Crippen molar-refractivity contribution in [2.45, 2.75) is 6.04 Å². The van der Waals surface area contributed by atoms with Crippen molar-refractivity contribution in [3.63, 3.8) is 0 Å². The molecule has 4 rings (SSSR count). The summed E-state index contributed by atoms with van der Waals surface area (Å²) in [7, 11) is 0. The summed E-state index contributed by atoms with van der Waals surface area (Å²) in [6.07, 6.45) is 2.00. The van der Waals surface area contributed by atoms with Crippen molar-refractivity contribution in [3.8, 4) is 5.75 Å². The van der Waals surface area contributed by atoms with Gasteiger partial charge in [0.2, 0.25) is 0 Å². The maximum Gasteiger partial charge on any atom is 0.171 e. The number of piperazine rings is 2. The Kier molecular flexibility index (Phi) is 3.12. The maximum atomic E-state index is 5.94. The fourth-order valence-corrected chi connectivity index (χ4v) is 3.22. The van der Waals surface area contributed by atoms with Crippen LogP contribution in [-0.2, 0) is 0 Å². The highest BCUT2D eigenvalue weighted by molar-refractivity contribution is 5.62. The van der Waals surface area contributed by atoms with E-state index in [-0.39, 0.29) is 0 Å². The van der Waals surface area contributed by atoms with E-state index in [0.29, 0.717) is 6.04 Å². The molecule has 108 valence electrons. The summed E-state index contributed by atoms with van der Waals surface area (Å²) in [5, 5.41) is 6.79. The second kappa shape index (κ2) is 5.10. The Morgan fingerprint density at radius 3 is 2.90 bits per heavy atom. The molecule has 2 fully saturated rings. The molecule has 1 atom stereocenters. The minimum atomic E-state index is 0.425. The second-order valence-electron chi connectivity index (χ2n) is 5.61. The van der Waals surface area contributed by atoms with E-state index in [1.54, 1.807) is 0 Å². The zero-order valence-corrected chi connectivity index (χ0v) is 11.6. The number of hydrogen-bond acceptors (Lipinski definition) is 6. The molecule has 2 saturated heterocycles. The molecule has 0 aromatic carbocycles. The van der Waals surface area contributed by atoms with Crippen molar-refractivity contribution >= 4 is 11.5 Å². The molecule has 0 spiro atoms. The normalized spacial score (nSPS) is 25.7. The average Bonchev–Trinajstić information content (AvgIpc) is 2.55. The Hall–Kier alpha value is -1.53. The van der Waals surface area contributed by atoms with Crippen LogP contribution < -0.4 is 25.2 Å². The van der Waals surface area contributed by atoms with Crippen LogP contribution in [0.15, 0.2) is 12.3 Å². The first kappa shape index (κ1) is 12.2. The zero-order chi connectivity index (χ0) is 13.4. The van der Waals surface area contributed by atoms with Gasteiger partial charge in [0, 0.05) is 51.9 Å². The van der Waals surface area contributed by atoms with Crippen LogP contribution in [0.2, 0.25) is 0 Å². The van der Waals surface area contributed by atoms with Crippen LogP contribution >= 0.6 is 0 Å². The minimum Gasteiger partial charge on any atom is -0.487 e. The Balaban J connectivity index is 1.61. The molecule has 0 aliphatic carbocycles. The van der Waals surface area contributed by atoms with Gasteiger partial charge in [0.1, 0.15) is 6.61 Å². The number of hydrogen-bond donors (Lipinski definition) is 2. The summed E-state index contributed by atoms with van der Waals surface area (Å²) < 4.78 is 5.94. The molecule has 2 N–H and O–H groups in total. The van der Waals surface area contributed by atoms with Crippen LogP contribution in [0.1, 0.15) is 0 Å². The Bertz CT molecular complexity index is 488. The van der Waals surface area contributed by atoms with Crippen molar-refractivity contribution in [1.29, 1.82) is 0 Å². The second-order valence-corrected chi connectivity index (χ2v) is 5.61. The third kappa shape index (κ3) is 2.09. The zero-order valence-electron chi connectivity index (χ0n) is 11.6. The molecule has 3 aliphatic rings. The number of nitrogens with zero attached hydrogens (tertiary/aromatic N) is 3. The molecule has 0 saturated carbocycles. The van der Waals surface area contributed by atoms with Gasteiger partial charge in [-0.1, -0.05) is 0 Å². The van der Waals surface area contributed by atoms with Gasteiger partial charge in [0.05, 0.1) is 17.9 Å². The molecule has 6 nitrogen and oxygen atoms in total. The van der Waals surface area contributed by atoms with Crippen LogP contribution in [0, 0.1) is 0 Å². The fourth-order valence-electron chi connectivity index (χ4n) is 3.22. The van der Waals surface area contributed by atoms with E-state index in [1.807, 2.05) is 6.20 Å². The van der Waals surface area contributed by atoms with Crippen LogP contribution in [0.5, 0.6) is 5.75 Å². The first-order valence-electron chi connectivity index (χ1n) is 7.48. The van der Waals surface area contributed by atoms with E-state index in [0.717, 1.165) is 64.0 Å². The Labute approximate surface area is 119 Å². The highest BCUT2D eigenvalue weighted by atomic mass is 16.5. The molecule has 20 heavy (non-hydrogen) atoms. The van der Waals surface area contributed by atoms with Gasteiger partial charge < -0.3 is 25.2 Å². The van der Waals surface area contributed by atoms with Crippen molar-refractivity contribution in [3.05, 3.63) is 12.3 Å². The Morgan fingerprint density at radius 2 is 2.00 bits per heavy atom. The number of rotatable bonds is 1. The van der Waals surface area contributed by atoms with Gasteiger partial charge >= 0.3 is 0 Å². The highest BCUT2D eigenvalue weighted by Gasteiger charge is 2.31. The lowest BCUT2D eigenvalue weighted by atomic mass is 10.1. The number of ether oxygens (including phenoxy) is 1. The molecule has 0 amide bonds. The van der Waals surface area contributed by atoms with E-state index < -0.39 is 0 Å². The number of nitrogens with one attached hydrogen (secondary N) is 2. The van der Waals surface area contributed by atoms with Gasteiger partial charge in [-0.2, -0.15) is 0 Å². The van der Waals surface area contributed by atoms with Crippen molar-refractivity contribution in [1.82, 2.24) is 15.6 Å². The van der Waals surface area contributed by atoms with E-state index >= 15 is 0 Å². The summed E-state index contributed by atoms with van der Waals surface area (Å²) in [4.78, 5) is 9.45. The van der Waals surface area contributed by atoms with Gasteiger partial charge in [-0.3, -0.25) is 0 Å². The third-order valence-corrected chi connectivity index (χ3v) is 4.35. The van der Waals surface area contributed by atoms with E-state index in [2.05, 4.69) is 31.5 Å². The number of anilines is 2. The number of aromatic nitrogens is 1. The molecule has 1 aromatic heterocycles. The molecular weight excluding hydrogens is 254 g/mol. The Morgan fingerprint density at radius 1 is 1.15 bits per heavy atom. The highest BCUT2D eigenvalue weighted by Crippen LogP contribution is 2.35. The topological polar surface area (TPSA) is 52.7 Å². The fraction of sp³-hybridized carbons (Fsp3) is 0.643. The molecule has 6 heteroatoms. The largest absolute Gasteiger partial charge is 0.487 e. The van der Waals surface area contributed by atoms with Gasteiger partial charge in [-0.05, 0) is 0 Å². The molecule has 3 aliphatic heterocycles. The predicted octanol–water partition coefficient (Wildman–Crippen LogP) is -0.338. The van der Waals surface area contributed by atoms with Gasteiger partial charge in [-0.15, -0.1) is 0 Å². The maximum absolute atomic E-state index is 5.94. The summed E-state index contributed by atoms with van der Waals surface area (Å²) in [6, 6.07) is 2.58. The summed E-state index contributed by atoms with van der Waals surface area (Å²) in [5.74, 6) is 1.96. The monoisotopic (exact) mass is 275 g/mol. The average molecular weight is 275 g/mol. The van der Waals surface area contributed by atoms with Crippen LogP contribution in [0.4, 0.5) is 11.5 Å². The summed E-state index contributed by atoms with van der Waals surface area (Å²) in [5.41, 5.74) is 1.18. The van der Waals surface area contributed by atoms with Crippen LogP contribution in [0.25, 0.3) is 0 Å².